The number of nitrogens with one attached hydrogen (secondary N) is 1. The third kappa shape index (κ3) is 3.87. The molecule has 1 fully saturated rings. The van der Waals surface area contributed by atoms with Gasteiger partial charge in [-0.05, 0) is 31.9 Å². The van der Waals surface area contributed by atoms with Crippen molar-refractivity contribution in [1.82, 2.24) is 10.3 Å². The Hall–Kier alpha value is -1.39. The lowest BCUT2D eigenvalue weighted by Gasteiger charge is -2.10. The minimum Gasteiger partial charge on any atom is -0.493 e. The summed E-state index contributed by atoms with van der Waals surface area (Å²) in [5.41, 5.74) is 2.13. The Morgan fingerprint density at radius 2 is 2.09 bits per heavy atom. The van der Waals surface area contributed by atoms with Gasteiger partial charge in [0.2, 0.25) is 0 Å². The molecular formula is C18H24N2OS. The zero-order valence-corrected chi connectivity index (χ0v) is 14.0. The smallest absolute Gasteiger partial charge is 0.128 e. The molecule has 1 heterocycles. The van der Waals surface area contributed by atoms with Crippen LogP contribution >= 0.6 is 11.3 Å². The average molecular weight is 316 g/mol. The van der Waals surface area contributed by atoms with Gasteiger partial charge in [-0.3, -0.25) is 0 Å². The maximum absolute atomic E-state index is 5.70. The summed E-state index contributed by atoms with van der Waals surface area (Å²) >= 11 is 1.75. The van der Waals surface area contributed by atoms with Crippen molar-refractivity contribution in [2.75, 3.05) is 13.2 Å². The lowest BCUT2D eigenvalue weighted by atomic mass is 10.1. The van der Waals surface area contributed by atoms with Gasteiger partial charge < -0.3 is 10.1 Å². The maximum atomic E-state index is 5.70. The molecular weight excluding hydrogens is 292 g/mol. The molecule has 22 heavy (non-hydrogen) atoms. The van der Waals surface area contributed by atoms with Crippen molar-refractivity contribution < 1.29 is 4.74 Å². The second-order valence-electron chi connectivity index (χ2n) is 5.74. The largest absolute Gasteiger partial charge is 0.493 e. The number of hydrogen-bond acceptors (Lipinski definition) is 4. The molecule has 0 radical (unpaired) electrons. The van der Waals surface area contributed by atoms with E-state index in [-0.39, 0.29) is 0 Å². The Labute approximate surface area is 136 Å². The van der Waals surface area contributed by atoms with Crippen LogP contribution in [0.3, 0.4) is 0 Å². The number of benzene rings is 1. The van der Waals surface area contributed by atoms with Crippen LogP contribution in [-0.2, 0) is 6.42 Å². The first-order chi connectivity index (χ1) is 10.9. The van der Waals surface area contributed by atoms with Gasteiger partial charge in [0.1, 0.15) is 5.75 Å². The van der Waals surface area contributed by atoms with Crippen LogP contribution in [0.4, 0.5) is 0 Å². The Balaban J connectivity index is 1.61. The number of para-hydroxylation sites is 1. The number of ether oxygens (including phenoxy) is 1. The number of rotatable bonds is 7. The molecule has 0 atom stereocenters. The van der Waals surface area contributed by atoms with Crippen molar-refractivity contribution in [3.63, 3.8) is 0 Å². The highest BCUT2D eigenvalue weighted by atomic mass is 32.1. The van der Waals surface area contributed by atoms with Crippen LogP contribution in [0, 0.1) is 0 Å². The van der Waals surface area contributed by atoms with Crippen LogP contribution in [0.2, 0.25) is 0 Å². The minimum absolute atomic E-state index is 0.680. The Bertz CT molecular complexity index is 590. The predicted molar refractivity (Wildman–Crippen MR) is 92.7 cm³/mol. The normalized spacial score (nSPS) is 15.3. The van der Waals surface area contributed by atoms with Crippen molar-refractivity contribution in [3.8, 4) is 17.0 Å². The second kappa shape index (κ2) is 7.75. The summed E-state index contributed by atoms with van der Waals surface area (Å²) in [6, 6.07) is 8.88. The van der Waals surface area contributed by atoms with Crippen LogP contribution in [-0.4, -0.2) is 24.2 Å². The molecule has 1 aliphatic carbocycles. The molecule has 118 valence electrons. The zero-order valence-electron chi connectivity index (χ0n) is 13.2. The van der Waals surface area contributed by atoms with E-state index in [1.54, 1.807) is 11.3 Å². The van der Waals surface area contributed by atoms with Crippen LogP contribution in [0.1, 0.15) is 37.6 Å². The van der Waals surface area contributed by atoms with Crippen molar-refractivity contribution in [1.29, 1.82) is 0 Å². The minimum atomic E-state index is 0.680. The quantitative estimate of drug-likeness (QED) is 0.827. The first-order valence-corrected chi connectivity index (χ1v) is 9.14. The fourth-order valence-corrected chi connectivity index (χ4v) is 3.82. The zero-order chi connectivity index (χ0) is 15.2. The third-order valence-electron chi connectivity index (χ3n) is 4.14. The van der Waals surface area contributed by atoms with E-state index in [1.165, 1.54) is 30.7 Å². The molecule has 0 saturated heterocycles. The monoisotopic (exact) mass is 316 g/mol. The molecule has 2 aromatic rings. The number of hydrogen-bond donors (Lipinski definition) is 1. The van der Waals surface area contributed by atoms with Gasteiger partial charge in [-0.15, -0.1) is 11.3 Å². The van der Waals surface area contributed by atoms with Gasteiger partial charge in [0.05, 0.1) is 17.3 Å². The highest BCUT2D eigenvalue weighted by molar-refractivity contribution is 7.09. The Kier molecular flexibility index (Phi) is 5.46. The van der Waals surface area contributed by atoms with Crippen LogP contribution in [0.25, 0.3) is 11.3 Å². The molecule has 0 amide bonds. The van der Waals surface area contributed by atoms with E-state index in [2.05, 4.69) is 16.8 Å². The summed E-state index contributed by atoms with van der Waals surface area (Å²) in [7, 11) is 0. The van der Waals surface area contributed by atoms with E-state index in [1.807, 2.05) is 25.1 Å². The predicted octanol–water partition coefficient (Wildman–Crippen LogP) is 4.28. The maximum Gasteiger partial charge on any atom is 0.128 e. The van der Waals surface area contributed by atoms with Crippen LogP contribution in [0.5, 0.6) is 5.75 Å². The van der Waals surface area contributed by atoms with E-state index in [0.717, 1.165) is 36.0 Å². The summed E-state index contributed by atoms with van der Waals surface area (Å²) in [4.78, 5) is 4.79. The fourth-order valence-electron chi connectivity index (χ4n) is 3.02. The lowest BCUT2D eigenvalue weighted by molar-refractivity contribution is 0.341. The highest BCUT2D eigenvalue weighted by Gasteiger charge is 2.14. The first-order valence-electron chi connectivity index (χ1n) is 8.27. The SMILES string of the molecule is CCOc1ccccc1-c1csc(CCNC2CCCC2)n1. The van der Waals surface area contributed by atoms with Gasteiger partial charge in [-0.2, -0.15) is 0 Å². The van der Waals surface area contributed by atoms with E-state index in [9.17, 15) is 0 Å². The number of nitrogens with zero attached hydrogens (tertiary/aromatic N) is 1. The molecule has 1 N–H and O–H groups in total. The van der Waals surface area contributed by atoms with Crippen molar-refractivity contribution >= 4 is 11.3 Å². The van der Waals surface area contributed by atoms with Crippen molar-refractivity contribution in [2.45, 2.75) is 45.1 Å². The van der Waals surface area contributed by atoms with Crippen molar-refractivity contribution in [2.24, 2.45) is 0 Å². The average Bonchev–Trinajstić information content (AvgIpc) is 3.20. The van der Waals surface area contributed by atoms with E-state index in [0.29, 0.717) is 6.61 Å². The van der Waals surface area contributed by atoms with E-state index >= 15 is 0 Å². The van der Waals surface area contributed by atoms with Crippen molar-refractivity contribution in [3.05, 3.63) is 34.7 Å². The van der Waals surface area contributed by atoms with Gasteiger partial charge in [-0.25, -0.2) is 4.98 Å². The summed E-state index contributed by atoms with van der Waals surface area (Å²) in [5.74, 6) is 0.922. The summed E-state index contributed by atoms with van der Waals surface area (Å²) < 4.78 is 5.70. The topological polar surface area (TPSA) is 34.1 Å². The third-order valence-corrected chi connectivity index (χ3v) is 5.05. The first kappa shape index (κ1) is 15.5. The molecule has 1 aromatic heterocycles. The van der Waals surface area contributed by atoms with Gasteiger partial charge in [-0.1, -0.05) is 25.0 Å². The molecule has 1 saturated carbocycles. The molecule has 0 bridgehead atoms. The van der Waals surface area contributed by atoms with Gasteiger partial charge in [0, 0.05) is 30.0 Å². The van der Waals surface area contributed by atoms with Crippen LogP contribution < -0.4 is 10.1 Å². The lowest BCUT2D eigenvalue weighted by Crippen LogP contribution is -2.27. The summed E-state index contributed by atoms with van der Waals surface area (Å²) in [6.07, 6.45) is 6.45. The second-order valence-corrected chi connectivity index (χ2v) is 6.68. The van der Waals surface area contributed by atoms with Gasteiger partial charge in [0.25, 0.3) is 0 Å². The molecule has 0 aliphatic heterocycles. The molecule has 3 nitrogen and oxygen atoms in total. The Morgan fingerprint density at radius 1 is 1.27 bits per heavy atom. The van der Waals surface area contributed by atoms with E-state index in [4.69, 9.17) is 9.72 Å². The summed E-state index contributed by atoms with van der Waals surface area (Å²) in [6.45, 7) is 3.72. The molecule has 3 rings (SSSR count). The molecule has 1 aliphatic rings. The number of thiazole rings is 1. The Morgan fingerprint density at radius 3 is 2.91 bits per heavy atom. The highest BCUT2D eigenvalue weighted by Crippen LogP contribution is 2.30. The van der Waals surface area contributed by atoms with Gasteiger partial charge >= 0.3 is 0 Å². The number of aromatic nitrogens is 1. The standard InChI is InChI=1S/C18H24N2OS/c1-2-21-17-10-6-5-9-15(17)16-13-22-18(20-16)11-12-19-14-7-3-4-8-14/h5-6,9-10,13-14,19H,2-4,7-8,11-12H2,1H3. The van der Waals surface area contributed by atoms with E-state index < -0.39 is 0 Å². The van der Waals surface area contributed by atoms with Crippen LogP contribution in [0.15, 0.2) is 29.6 Å². The fraction of sp³-hybridized carbons (Fsp3) is 0.500. The summed E-state index contributed by atoms with van der Waals surface area (Å²) in [5, 5.41) is 7.00. The molecule has 1 aromatic carbocycles. The van der Waals surface area contributed by atoms with Gasteiger partial charge in [0.15, 0.2) is 0 Å². The molecule has 4 heteroatoms. The molecule has 0 unspecified atom stereocenters. The molecule has 0 spiro atoms.